The van der Waals surface area contributed by atoms with Crippen LogP contribution < -0.4 is 10.1 Å². The van der Waals surface area contributed by atoms with Gasteiger partial charge in [-0.1, -0.05) is 23.7 Å². The lowest BCUT2D eigenvalue weighted by atomic mass is 10.2. The van der Waals surface area contributed by atoms with Crippen molar-refractivity contribution in [2.75, 3.05) is 39.9 Å². The number of amides is 1. The Morgan fingerprint density at radius 3 is 2.95 bits per heavy atom. The maximum absolute atomic E-state index is 12.1. The molecule has 0 aromatic heterocycles. The Hall–Kier alpha value is -1.01. The van der Waals surface area contributed by atoms with Crippen LogP contribution in [0.15, 0.2) is 24.3 Å². The van der Waals surface area contributed by atoms with E-state index in [-0.39, 0.29) is 24.4 Å². The van der Waals surface area contributed by atoms with E-state index in [4.69, 9.17) is 21.1 Å². The molecule has 1 fully saturated rings. The van der Waals surface area contributed by atoms with Gasteiger partial charge in [-0.15, -0.1) is 12.4 Å². The summed E-state index contributed by atoms with van der Waals surface area (Å²) >= 11 is 6.00. The molecule has 7 heteroatoms. The number of ether oxygens (including phenoxy) is 2. The molecular formula is C15H22Cl2N2O3. The normalized spacial score (nSPS) is 17.5. The van der Waals surface area contributed by atoms with Crippen molar-refractivity contribution < 1.29 is 14.3 Å². The predicted octanol–water partition coefficient (Wildman–Crippen LogP) is 1.98. The van der Waals surface area contributed by atoms with Crippen molar-refractivity contribution >= 4 is 29.9 Å². The van der Waals surface area contributed by atoms with Gasteiger partial charge in [-0.2, -0.15) is 0 Å². The van der Waals surface area contributed by atoms with Crippen LogP contribution in [0.2, 0.25) is 5.02 Å². The summed E-state index contributed by atoms with van der Waals surface area (Å²) in [6.45, 7) is 3.18. The van der Waals surface area contributed by atoms with E-state index in [0.29, 0.717) is 37.0 Å². The second-order valence-corrected chi connectivity index (χ2v) is 5.40. The summed E-state index contributed by atoms with van der Waals surface area (Å²) in [5, 5.41) is 3.79. The average Bonchev–Trinajstić information content (AvgIpc) is 2.50. The fraction of sp³-hybridized carbons (Fsp3) is 0.533. The van der Waals surface area contributed by atoms with E-state index in [0.717, 1.165) is 13.1 Å². The van der Waals surface area contributed by atoms with Crippen LogP contribution in [-0.2, 0) is 9.53 Å². The summed E-state index contributed by atoms with van der Waals surface area (Å²) in [6.07, 6.45) is 0.369. The van der Waals surface area contributed by atoms with Crippen molar-refractivity contribution in [2.45, 2.75) is 12.5 Å². The van der Waals surface area contributed by atoms with Crippen molar-refractivity contribution in [3.05, 3.63) is 29.3 Å². The monoisotopic (exact) mass is 348 g/mol. The Kier molecular flexibility index (Phi) is 8.56. The van der Waals surface area contributed by atoms with E-state index < -0.39 is 0 Å². The van der Waals surface area contributed by atoms with Gasteiger partial charge >= 0.3 is 0 Å². The van der Waals surface area contributed by atoms with Gasteiger partial charge in [0.05, 0.1) is 30.7 Å². The quantitative estimate of drug-likeness (QED) is 0.853. The summed E-state index contributed by atoms with van der Waals surface area (Å²) in [7, 11) is 1.77. The minimum Gasteiger partial charge on any atom is -0.490 e. The first kappa shape index (κ1) is 19.0. The highest BCUT2D eigenvalue weighted by molar-refractivity contribution is 6.32. The molecule has 1 atom stereocenters. The van der Waals surface area contributed by atoms with E-state index in [2.05, 4.69) is 5.32 Å². The Labute approximate surface area is 142 Å². The fourth-order valence-corrected chi connectivity index (χ4v) is 2.27. The lowest BCUT2D eigenvalue weighted by Crippen LogP contribution is -2.42. The smallest absolute Gasteiger partial charge is 0.225 e. The largest absolute Gasteiger partial charge is 0.490 e. The van der Waals surface area contributed by atoms with Gasteiger partial charge in [0.15, 0.2) is 0 Å². The maximum atomic E-state index is 12.1. The molecule has 1 aromatic rings. The van der Waals surface area contributed by atoms with Gasteiger partial charge in [0.2, 0.25) is 5.91 Å². The molecule has 124 valence electrons. The number of nitrogens with one attached hydrogen (secondary N) is 1. The Balaban J connectivity index is 0.00000242. The van der Waals surface area contributed by atoms with Crippen molar-refractivity contribution in [3.63, 3.8) is 0 Å². The Morgan fingerprint density at radius 2 is 2.27 bits per heavy atom. The first-order valence-corrected chi connectivity index (χ1v) is 7.48. The third-order valence-corrected chi connectivity index (χ3v) is 3.67. The molecule has 0 radical (unpaired) electrons. The van der Waals surface area contributed by atoms with Crippen LogP contribution in [0, 0.1) is 0 Å². The summed E-state index contributed by atoms with van der Waals surface area (Å²) in [6, 6.07) is 7.30. The molecule has 0 aliphatic carbocycles. The zero-order valence-electron chi connectivity index (χ0n) is 12.6. The first-order chi connectivity index (χ1) is 10.2. The molecule has 1 unspecified atom stereocenters. The van der Waals surface area contributed by atoms with Gasteiger partial charge in [-0.05, 0) is 12.1 Å². The minimum atomic E-state index is -0.0295. The number of benzene rings is 1. The number of nitrogens with zero attached hydrogens (tertiary/aromatic N) is 1. The molecule has 22 heavy (non-hydrogen) atoms. The number of hydrogen-bond acceptors (Lipinski definition) is 4. The van der Waals surface area contributed by atoms with Crippen molar-refractivity contribution in [2.24, 2.45) is 0 Å². The Morgan fingerprint density at radius 1 is 1.50 bits per heavy atom. The summed E-state index contributed by atoms with van der Waals surface area (Å²) < 4.78 is 11.1. The molecule has 5 nitrogen and oxygen atoms in total. The zero-order valence-corrected chi connectivity index (χ0v) is 14.2. The molecule has 1 aromatic carbocycles. The summed E-state index contributed by atoms with van der Waals surface area (Å²) in [5.74, 6) is 0.700. The molecule has 1 aliphatic heterocycles. The van der Waals surface area contributed by atoms with Crippen LogP contribution in [0.4, 0.5) is 0 Å². The number of para-hydroxylation sites is 1. The Bertz CT molecular complexity index is 468. The summed E-state index contributed by atoms with van der Waals surface area (Å²) in [5.41, 5.74) is 0. The highest BCUT2D eigenvalue weighted by atomic mass is 35.5. The number of hydrogen-bond donors (Lipinski definition) is 1. The van der Waals surface area contributed by atoms with Gasteiger partial charge in [0.25, 0.3) is 0 Å². The zero-order chi connectivity index (χ0) is 15.1. The van der Waals surface area contributed by atoms with Crippen molar-refractivity contribution in [1.82, 2.24) is 10.2 Å². The van der Waals surface area contributed by atoms with Gasteiger partial charge in [-0.25, -0.2) is 0 Å². The second kappa shape index (κ2) is 9.90. The van der Waals surface area contributed by atoms with Crippen LogP contribution >= 0.6 is 24.0 Å². The third-order valence-electron chi connectivity index (χ3n) is 3.35. The molecule has 1 heterocycles. The van der Waals surface area contributed by atoms with E-state index in [1.807, 2.05) is 18.2 Å². The number of morpholine rings is 1. The van der Waals surface area contributed by atoms with Crippen molar-refractivity contribution in [3.8, 4) is 5.75 Å². The molecular weight excluding hydrogens is 327 g/mol. The topological polar surface area (TPSA) is 50.8 Å². The van der Waals surface area contributed by atoms with Crippen molar-refractivity contribution in [1.29, 1.82) is 0 Å². The molecule has 0 bridgehead atoms. The fourth-order valence-electron chi connectivity index (χ4n) is 2.08. The molecule has 1 N–H and O–H groups in total. The third kappa shape index (κ3) is 6.01. The molecule has 1 aliphatic rings. The molecule has 2 rings (SSSR count). The lowest BCUT2D eigenvalue weighted by Gasteiger charge is -2.25. The molecule has 0 saturated carbocycles. The van der Waals surface area contributed by atoms with Crippen LogP contribution in [0.25, 0.3) is 0 Å². The van der Waals surface area contributed by atoms with Gasteiger partial charge < -0.3 is 19.7 Å². The van der Waals surface area contributed by atoms with Gasteiger partial charge in [0, 0.05) is 20.1 Å². The van der Waals surface area contributed by atoms with Crippen LogP contribution in [0.3, 0.4) is 0 Å². The number of rotatable bonds is 6. The van der Waals surface area contributed by atoms with E-state index >= 15 is 0 Å². The second-order valence-electron chi connectivity index (χ2n) is 5.00. The van der Waals surface area contributed by atoms with Gasteiger partial charge in [-0.3, -0.25) is 4.79 Å². The highest BCUT2D eigenvalue weighted by Gasteiger charge is 2.19. The maximum Gasteiger partial charge on any atom is 0.225 e. The number of likely N-dealkylation sites (N-methyl/N-ethyl adjacent to an activating group) is 1. The molecule has 1 saturated heterocycles. The highest BCUT2D eigenvalue weighted by Crippen LogP contribution is 2.22. The van der Waals surface area contributed by atoms with E-state index in [1.165, 1.54) is 0 Å². The van der Waals surface area contributed by atoms with Crippen LogP contribution in [-0.4, -0.2) is 56.8 Å². The SMILES string of the molecule is CN(CCOc1ccccc1Cl)C(=O)CC1CNCCO1.Cl. The predicted molar refractivity (Wildman–Crippen MR) is 89.1 cm³/mol. The first-order valence-electron chi connectivity index (χ1n) is 7.10. The van der Waals surface area contributed by atoms with Crippen LogP contribution in [0.1, 0.15) is 6.42 Å². The van der Waals surface area contributed by atoms with Crippen LogP contribution in [0.5, 0.6) is 5.75 Å². The molecule has 1 amide bonds. The standard InChI is InChI=1S/C15H21ClN2O3.ClH/c1-18(15(19)10-12-11-17-6-8-20-12)7-9-21-14-5-3-2-4-13(14)16;/h2-5,12,17H,6-11H2,1H3;1H. The van der Waals surface area contributed by atoms with E-state index in [1.54, 1.807) is 18.0 Å². The number of carbonyl (C=O) groups is 1. The minimum absolute atomic E-state index is 0. The lowest BCUT2D eigenvalue weighted by molar-refractivity contribution is -0.133. The van der Waals surface area contributed by atoms with E-state index in [9.17, 15) is 4.79 Å². The van der Waals surface area contributed by atoms with Gasteiger partial charge in [0.1, 0.15) is 12.4 Å². The number of halogens is 2. The molecule has 0 spiro atoms. The average molecular weight is 349 g/mol. The summed E-state index contributed by atoms with van der Waals surface area (Å²) in [4.78, 5) is 13.7. The number of carbonyl (C=O) groups excluding carboxylic acids is 1.